The standard InChI is InChI=1S/C23H23ClN2O5S/c1-16(30-20-12-10-18(11-13-20)26(2)32(3,28)29)23(27)25-21-15-17(24)9-14-22(21)31-19-7-5-4-6-8-19/h4-16H,1-3H3,(H,25,27)/t16-/m0/s1. The summed E-state index contributed by atoms with van der Waals surface area (Å²) in [6.07, 6.45) is 0.284. The molecule has 0 saturated heterocycles. The maximum atomic E-state index is 12.7. The van der Waals surface area contributed by atoms with E-state index in [0.29, 0.717) is 33.6 Å². The molecule has 0 bridgehead atoms. The number of para-hydroxylation sites is 1. The number of carbonyl (C=O) groups excluding carboxylic acids is 1. The lowest BCUT2D eigenvalue weighted by molar-refractivity contribution is -0.122. The highest BCUT2D eigenvalue weighted by molar-refractivity contribution is 7.92. The first kappa shape index (κ1) is 23.4. The molecule has 1 N–H and O–H groups in total. The Kier molecular flexibility index (Phi) is 7.27. The van der Waals surface area contributed by atoms with Crippen molar-refractivity contribution in [2.45, 2.75) is 13.0 Å². The van der Waals surface area contributed by atoms with E-state index in [1.807, 2.05) is 18.2 Å². The molecule has 0 saturated carbocycles. The molecule has 7 nitrogen and oxygen atoms in total. The van der Waals surface area contributed by atoms with E-state index in [-0.39, 0.29) is 0 Å². The number of sulfonamides is 1. The Labute approximate surface area is 192 Å². The number of benzene rings is 3. The molecule has 0 aliphatic rings. The normalized spacial score (nSPS) is 12.0. The van der Waals surface area contributed by atoms with Gasteiger partial charge in [-0.25, -0.2) is 8.42 Å². The van der Waals surface area contributed by atoms with Crippen molar-refractivity contribution < 1.29 is 22.7 Å². The van der Waals surface area contributed by atoms with E-state index in [9.17, 15) is 13.2 Å². The van der Waals surface area contributed by atoms with Crippen molar-refractivity contribution in [2.24, 2.45) is 0 Å². The first-order chi connectivity index (χ1) is 15.1. The number of nitrogens with one attached hydrogen (secondary N) is 1. The quantitative estimate of drug-likeness (QED) is 0.500. The zero-order valence-electron chi connectivity index (χ0n) is 17.8. The number of halogens is 1. The van der Waals surface area contributed by atoms with Crippen LogP contribution < -0.4 is 19.1 Å². The van der Waals surface area contributed by atoms with Gasteiger partial charge in [-0.2, -0.15) is 0 Å². The second-order valence-electron chi connectivity index (χ2n) is 7.03. The van der Waals surface area contributed by atoms with E-state index >= 15 is 0 Å². The van der Waals surface area contributed by atoms with Crippen LogP contribution in [0.25, 0.3) is 0 Å². The Balaban J connectivity index is 1.69. The second-order valence-corrected chi connectivity index (χ2v) is 9.48. The van der Waals surface area contributed by atoms with Crippen LogP contribution in [0.2, 0.25) is 5.02 Å². The number of hydrogen-bond donors (Lipinski definition) is 1. The monoisotopic (exact) mass is 474 g/mol. The van der Waals surface area contributed by atoms with Gasteiger partial charge in [-0.15, -0.1) is 0 Å². The minimum Gasteiger partial charge on any atom is -0.481 e. The maximum Gasteiger partial charge on any atom is 0.265 e. The summed E-state index contributed by atoms with van der Waals surface area (Å²) in [6, 6.07) is 20.5. The molecule has 0 fully saturated rings. The molecule has 0 aliphatic carbocycles. The van der Waals surface area contributed by atoms with Crippen LogP contribution in [0.1, 0.15) is 6.92 Å². The summed E-state index contributed by atoms with van der Waals surface area (Å²) in [5.41, 5.74) is 0.894. The summed E-state index contributed by atoms with van der Waals surface area (Å²) in [5.74, 6) is 1.08. The smallest absolute Gasteiger partial charge is 0.265 e. The van der Waals surface area contributed by atoms with Crippen molar-refractivity contribution in [2.75, 3.05) is 22.9 Å². The third-order valence-corrected chi connectivity index (χ3v) is 5.99. The first-order valence-corrected chi connectivity index (χ1v) is 11.9. The van der Waals surface area contributed by atoms with Crippen LogP contribution in [0.4, 0.5) is 11.4 Å². The number of amides is 1. The Morgan fingerprint density at radius 2 is 1.66 bits per heavy atom. The van der Waals surface area contributed by atoms with Gasteiger partial charge in [0, 0.05) is 12.1 Å². The van der Waals surface area contributed by atoms with Gasteiger partial charge in [0.05, 0.1) is 17.6 Å². The highest BCUT2D eigenvalue weighted by Crippen LogP contribution is 2.32. The van der Waals surface area contributed by atoms with Gasteiger partial charge in [0.1, 0.15) is 11.5 Å². The Morgan fingerprint density at radius 1 is 1.00 bits per heavy atom. The van der Waals surface area contributed by atoms with Crippen molar-refractivity contribution in [3.63, 3.8) is 0 Å². The highest BCUT2D eigenvalue weighted by Gasteiger charge is 2.18. The molecule has 1 atom stereocenters. The van der Waals surface area contributed by atoms with Crippen LogP contribution in [0, 0.1) is 0 Å². The zero-order chi connectivity index (χ0) is 23.3. The van der Waals surface area contributed by atoms with Crippen molar-refractivity contribution in [1.29, 1.82) is 0 Å². The summed E-state index contributed by atoms with van der Waals surface area (Å²) < 4.78 is 36.0. The average molecular weight is 475 g/mol. The fraction of sp³-hybridized carbons (Fsp3) is 0.174. The van der Waals surface area contributed by atoms with Crippen molar-refractivity contribution in [1.82, 2.24) is 0 Å². The van der Waals surface area contributed by atoms with E-state index in [2.05, 4.69) is 5.32 Å². The third-order valence-electron chi connectivity index (χ3n) is 4.55. The minimum absolute atomic E-state index is 0.400. The van der Waals surface area contributed by atoms with E-state index in [4.69, 9.17) is 21.1 Å². The van der Waals surface area contributed by atoms with Gasteiger partial charge < -0.3 is 14.8 Å². The molecule has 32 heavy (non-hydrogen) atoms. The Bertz CT molecular complexity index is 1180. The summed E-state index contributed by atoms with van der Waals surface area (Å²) >= 11 is 6.10. The van der Waals surface area contributed by atoms with Gasteiger partial charge >= 0.3 is 0 Å². The van der Waals surface area contributed by atoms with Crippen LogP contribution in [-0.2, 0) is 14.8 Å². The van der Waals surface area contributed by atoms with Gasteiger partial charge in [-0.1, -0.05) is 29.8 Å². The van der Waals surface area contributed by atoms with E-state index in [1.165, 1.54) is 7.05 Å². The van der Waals surface area contributed by atoms with Crippen molar-refractivity contribution >= 4 is 38.9 Å². The Morgan fingerprint density at radius 3 is 2.28 bits per heavy atom. The number of ether oxygens (including phenoxy) is 2. The molecule has 0 spiro atoms. The van der Waals surface area contributed by atoms with Crippen LogP contribution in [-0.4, -0.2) is 33.7 Å². The number of carbonyl (C=O) groups is 1. The summed E-state index contributed by atoms with van der Waals surface area (Å²) in [4.78, 5) is 12.7. The fourth-order valence-corrected chi connectivity index (χ4v) is 3.40. The van der Waals surface area contributed by atoms with Crippen molar-refractivity contribution in [3.05, 3.63) is 77.8 Å². The third kappa shape index (κ3) is 6.15. The number of anilines is 2. The molecule has 9 heteroatoms. The highest BCUT2D eigenvalue weighted by atomic mass is 35.5. The Hall–Kier alpha value is -3.23. The largest absolute Gasteiger partial charge is 0.481 e. The lowest BCUT2D eigenvalue weighted by Crippen LogP contribution is -2.30. The van der Waals surface area contributed by atoms with Gasteiger partial charge in [0.25, 0.3) is 5.91 Å². The molecule has 3 aromatic rings. The van der Waals surface area contributed by atoms with Crippen LogP contribution in [0.3, 0.4) is 0 Å². The molecule has 0 unspecified atom stereocenters. The van der Waals surface area contributed by atoms with Gasteiger partial charge in [0.15, 0.2) is 11.9 Å². The second kappa shape index (κ2) is 9.93. The first-order valence-electron chi connectivity index (χ1n) is 9.67. The molecule has 0 radical (unpaired) electrons. The number of rotatable bonds is 8. The zero-order valence-corrected chi connectivity index (χ0v) is 19.4. The van der Waals surface area contributed by atoms with Crippen LogP contribution in [0.5, 0.6) is 17.2 Å². The lowest BCUT2D eigenvalue weighted by atomic mass is 10.2. The molecule has 0 heterocycles. The minimum atomic E-state index is -3.36. The van der Waals surface area contributed by atoms with Crippen LogP contribution in [0.15, 0.2) is 72.8 Å². The number of hydrogen-bond acceptors (Lipinski definition) is 5. The molecule has 0 aromatic heterocycles. The predicted molar refractivity (Wildman–Crippen MR) is 126 cm³/mol. The maximum absolute atomic E-state index is 12.7. The van der Waals surface area contributed by atoms with E-state index in [1.54, 1.807) is 61.5 Å². The van der Waals surface area contributed by atoms with Crippen LogP contribution >= 0.6 is 11.6 Å². The average Bonchev–Trinajstić information content (AvgIpc) is 2.75. The summed E-state index contributed by atoms with van der Waals surface area (Å²) in [7, 11) is -1.90. The molecule has 3 aromatic carbocycles. The topological polar surface area (TPSA) is 84.9 Å². The molecular formula is C23H23ClN2O5S. The van der Waals surface area contributed by atoms with E-state index < -0.39 is 22.0 Å². The SMILES string of the molecule is C[C@H](Oc1ccc(N(C)S(C)(=O)=O)cc1)C(=O)Nc1cc(Cl)ccc1Oc1ccccc1. The predicted octanol–water partition coefficient (Wildman–Crippen LogP) is 4.93. The van der Waals surface area contributed by atoms with Gasteiger partial charge in [-0.05, 0) is 61.5 Å². The van der Waals surface area contributed by atoms with Crippen molar-refractivity contribution in [3.8, 4) is 17.2 Å². The molecular weight excluding hydrogens is 452 g/mol. The van der Waals surface area contributed by atoms with E-state index in [0.717, 1.165) is 10.6 Å². The lowest BCUT2D eigenvalue weighted by Gasteiger charge is -2.19. The summed E-state index contributed by atoms with van der Waals surface area (Å²) in [6.45, 7) is 1.61. The molecule has 3 rings (SSSR count). The van der Waals surface area contributed by atoms with Gasteiger partial charge in [-0.3, -0.25) is 9.10 Å². The molecule has 168 valence electrons. The van der Waals surface area contributed by atoms with Gasteiger partial charge in [0.2, 0.25) is 10.0 Å². The molecule has 1 amide bonds. The number of nitrogens with zero attached hydrogens (tertiary/aromatic N) is 1. The summed E-state index contributed by atoms with van der Waals surface area (Å²) in [5, 5.41) is 3.22. The fourth-order valence-electron chi connectivity index (χ4n) is 2.72. The molecule has 0 aliphatic heterocycles.